The van der Waals surface area contributed by atoms with Crippen LogP contribution in [0, 0.1) is 44.6 Å². The summed E-state index contributed by atoms with van der Waals surface area (Å²) in [4.78, 5) is 35.0. The summed E-state index contributed by atoms with van der Waals surface area (Å²) < 4.78 is 0. The van der Waals surface area contributed by atoms with Crippen molar-refractivity contribution in [2.24, 2.45) is 34.5 Å². The molecular weight excluding hydrogens is 334 g/mol. The summed E-state index contributed by atoms with van der Waals surface area (Å²) >= 11 is 0. The van der Waals surface area contributed by atoms with Crippen molar-refractivity contribution in [3.8, 4) is 0 Å². The van der Waals surface area contributed by atoms with Gasteiger partial charge in [0.1, 0.15) is 0 Å². The molecule has 3 saturated carbocycles. The van der Waals surface area contributed by atoms with E-state index in [9.17, 15) is 24.8 Å². The first-order valence-electron chi connectivity index (χ1n) is 9.84. The number of allylic oxidation sites excluding steroid dienone is 1. The molecule has 0 heterocycles. The third-order valence-corrected chi connectivity index (χ3v) is 8.57. The molecule has 0 aromatic heterocycles. The van der Waals surface area contributed by atoms with Crippen molar-refractivity contribution in [2.75, 3.05) is 0 Å². The minimum atomic E-state index is -0.671. The third-order valence-electron chi connectivity index (χ3n) is 8.57. The number of fused-ring (bicyclic) bond motifs is 5. The van der Waals surface area contributed by atoms with Gasteiger partial charge in [-0.25, -0.2) is 0 Å². The van der Waals surface area contributed by atoms with Crippen molar-refractivity contribution >= 4 is 11.8 Å². The number of ketones is 1. The van der Waals surface area contributed by atoms with E-state index in [1.807, 2.05) is 0 Å². The van der Waals surface area contributed by atoms with Crippen LogP contribution in [0.1, 0.15) is 65.2 Å². The van der Waals surface area contributed by atoms with Crippen LogP contribution in [0.5, 0.6) is 0 Å². The lowest BCUT2D eigenvalue weighted by Crippen LogP contribution is -2.52. The van der Waals surface area contributed by atoms with Crippen LogP contribution in [0.3, 0.4) is 0 Å². The first kappa shape index (κ1) is 17.7. The largest absolute Gasteiger partial charge is 0.481 e. The molecule has 6 atom stereocenters. The normalized spacial score (nSPS) is 44.9. The predicted octanol–water partition coefficient (Wildman–Crippen LogP) is 3.82. The molecule has 0 aromatic rings. The number of carboxylic acid groups (broad SMARTS) is 1. The summed E-state index contributed by atoms with van der Waals surface area (Å²) in [7, 11) is 0. The van der Waals surface area contributed by atoms with Crippen LogP contribution in [-0.2, 0) is 9.59 Å². The fourth-order valence-corrected chi connectivity index (χ4v) is 7.30. The predicted molar refractivity (Wildman–Crippen MR) is 93.8 cm³/mol. The fourth-order valence-electron chi connectivity index (χ4n) is 7.30. The second-order valence-corrected chi connectivity index (χ2v) is 9.35. The first-order chi connectivity index (χ1) is 12.2. The summed E-state index contributed by atoms with van der Waals surface area (Å²) in [5, 5.41) is 21.2. The molecule has 0 aliphatic heterocycles. The zero-order chi connectivity index (χ0) is 18.9. The van der Waals surface area contributed by atoms with Gasteiger partial charge >= 0.3 is 11.7 Å². The lowest BCUT2D eigenvalue weighted by molar-refractivity contribution is -0.422. The van der Waals surface area contributed by atoms with E-state index in [1.165, 1.54) is 0 Å². The molecule has 3 fully saturated rings. The molecule has 26 heavy (non-hydrogen) atoms. The highest BCUT2D eigenvalue weighted by Gasteiger charge is 2.61. The van der Waals surface area contributed by atoms with Crippen molar-refractivity contribution in [2.45, 2.75) is 65.2 Å². The molecule has 1 N–H and O–H groups in total. The molecule has 0 radical (unpaired) electrons. The zero-order valence-electron chi connectivity index (χ0n) is 15.5. The third kappa shape index (κ3) is 2.16. The van der Waals surface area contributed by atoms with Gasteiger partial charge in [0.05, 0.1) is 10.8 Å². The smallest absolute Gasteiger partial charge is 0.311 e. The molecule has 1 unspecified atom stereocenters. The van der Waals surface area contributed by atoms with Gasteiger partial charge in [-0.2, -0.15) is 0 Å². The van der Waals surface area contributed by atoms with Crippen LogP contribution in [0.4, 0.5) is 0 Å². The lowest BCUT2D eigenvalue weighted by Gasteiger charge is -2.57. The van der Waals surface area contributed by atoms with E-state index in [4.69, 9.17) is 0 Å². The number of hydrogen-bond acceptors (Lipinski definition) is 4. The molecule has 6 heteroatoms. The maximum Gasteiger partial charge on any atom is 0.311 e. The van der Waals surface area contributed by atoms with Crippen LogP contribution < -0.4 is 0 Å². The number of nitro groups is 1. The van der Waals surface area contributed by atoms with Crippen LogP contribution in [-0.4, -0.2) is 21.8 Å². The van der Waals surface area contributed by atoms with Crippen molar-refractivity contribution in [1.82, 2.24) is 0 Å². The summed E-state index contributed by atoms with van der Waals surface area (Å²) in [6.07, 6.45) is 5.92. The van der Waals surface area contributed by atoms with Gasteiger partial charge in [0.2, 0.25) is 5.78 Å². The van der Waals surface area contributed by atoms with E-state index in [2.05, 4.69) is 13.8 Å². The van der Waals surface area contributed by atoms with Gasteiger partial charge in [0.15, 0.2) is 0 Å². The molecule has 6 nitrogen and oxygen atoms in total. The Labute approximate surface area is 153 Å². The number of carbonyl (C=O) groups excluding carboxylic acids is 1. The molecule has 0 saturated heterocycles. The Kier molecular flexibility index (Phi) is 3.83. The van der Waals surface area contributed by atoms with E-state index < -0.39 is 10.9 Å². The SMILES string of the molecule is C[C@]12CCC(=O)C([N+](=O)[O-])=C1CC[C@@H]1[C@H]2CC[C@]2(C)C(C(=O)O)CC[C@@H]12. The van der Waals surface area contributed by atoms with Gasteiger partial charge in [-0.1, -0.05) is 13.8 Å². The quantitative estimate of drug-likeness (QED) is 0.595. The van der Waals surface area contributed by atoms with Gasteiger partial charge < -0.3 is 5.11 Å². The highest BCUT2D eigenvalue weighted by atomic mass is 16.6. The van der Waals surface area contributed by atoms with Gasteiger partial charge in [-0.05, 0) is 73.5 Å². The molecule has 0 amide bonds. The zero-order valence-corrected chi connectivity index (χ0v) is 15.5. The Hall–Kier alpha value is -1.72. The van der Waals surface area contributed by atoms with Gasteiger partial charge in [-0.15, -0.1) is 0 Å². The van der Waals surface area contributed by atoms with Crippen LogP contribution in [0.2, 0.25) is 0 Å². The van der Waals surface area contributed by atoms with Crippen molar-refractivity contribution < 1.29 is 19.6 Å². The van der Waals surface area contributed by atoms with E-state index in [-0.39, 0.29) is 34.6 Å². The minimum absolute atomic E-state index is 0.139. The molecular formula is C20H27NO5. The number of nitrogens with zero attached hydrogens (tertiary/aromatic N) is 1. The molecule has 4 rings (SSSR count). The molecule has 0 spiro atoms. The summed E-state index contributed by atoms with van der Waals surface area (Å²) in [5.74, 6) is -0.103. The Morgan fingerprint density at radius 1 is 1.12 bits per heavy atom. The Morgan fingerprint density at radius 2 is 1.85 bits per heavy atom. The number of carboxylic acids is 1. The van der Waals surface area contributed by atoms with Crippen LogP contribution in [0.25, 0.3) is 0 Å². The average molecular weight is 361 g/mol. The molecule has 0 aromatic carbocycles. The highest BCUT2D eigenvalue weighted by Crippen LogP contribution is 2.67. The first-order valence-corrected chi connectivity index (χ1v) is 9.84. The van der Waals surface area contributed by atoms with Crippen molar-refractivity contribution in [1.29, 1.82) is 0 Å². The van der Waals surface area contributed by atoms with E-state index >= 15 is 0 Å². The average Bonchev–Trinajstić information content (AvgIpc) is 2.92. The number of carbonyl (C=O) groups is 2. The van der Waals surface area contributed by atoms with Crippen molar-refractivity contribution in [3.05, 3.63) is 21.4 Å². The van der Waals surface area contributed by atoms with Gasteiger partial charge in [0.25, 0.3) is 0 Å². The highest BCUT2D eigenvalue weighted by molar-refractivity contribution is 5.95. The topological polar surface area (TPSA) is 97.5 Å². The van der Waals surface area contributed by atoms with Gasteiger partial charge in [0, 0.05) is 12.0 Å². The lowest BCUT2D eigenvalue weighted by atomic mass is 9.46. The molecule has 4 aliphatic rings. The van der Waals surface area contributed by atoms with Crippen LogP contribution >= 0.6 is 0 Å². The summed E-state index contributed by atoms with van der Waals surface area (Å²) in [5.41, 5.74) is 0.208. The van der Waals surface area contributed by atoms with Crippen molar-refractivity contribution in [3.63, 3.8) is 0 Å². The fraction of sp³-hybridized carbons (Fsp3) is 0.800. The minimum Gasteiger partial charge on any atom is -0.481 e. The van der Waals surface area contributed by atoms with E-state index in [0.29, 0.717) is 30.6 Å². The summed E-state index contributed by atoms with van der Waals surface area (Å²) in [6.45, 7) is 4.28. The second kappa shape index (κ2) is 5.64. The number of hydrogen-bond donors (Lipinski definition) is 1. The van der Waals surface area contributed by atoms with Gasteiger partial charge in [-0.3, -0.25) is 19.7 Å². The van der Waals surface area contributed by atoms with E-state index in [1.54, 1.807) is 0 Å². The number of aliphatic carboxylic acids is 1. The van der Waals surface area contributed by atoms with Crippen LogP contribution in [0.15, 0.2) is 11.3 Å². The monoisotopic (exact) mass is 361 g/mol. The summed E-state index contributed by atoms with van der Waals surface area (Å²) in [6, 6.07) is 0. The van der Waals surface area contributed by atoms with E-state index in [0.717, 1.165) is 37.7 Å². The molecule has 0 bridgehead atoms. The number of rotatable bonds is 2. The Morgan fingerprint density at radius 3 is 2.50 bits per heavy atom. The number of Topliss-reactive ketones (excluding diaryl/α,β-unsaturated/α-hetero) is 1. The maximum atomic E-state index is 12.2. The Balaban J connectivity index is 1.72. The maximum absolute atomic E-state index is 12.2. The second-order valence-electron chi connectivity index (χ2n) is 9.35. The Bertz CT molecular complexity index is 728. The molecule has 4 aliphatic carbocycles. The molecule has 142 valence electrons. The standard InChI is InChI=1S/C20H27NO5/c1-19-10-8-16(22)17(21(25)26)14(19)4-3-11-12-5-6-15(18(23)24)20(12,2)9-7-13(11)19/h11-13,15H,3-10H2,1-2H3,(H,23,24)/t11-,12-,13+,15?,19+,20-/m0/s1.